The van der Waals surface area contributed by atoms with Crippen molar-refractivity contribution in [3.8, 4) is 11.5 Å². The molecule has 21 heavy (non-hydrogen) atoms. The molecule has 0 heterocycles. The number of nitrogens with one attached hydrogen (secondary N) is 1. The van der Waals surface area contributed by atoms with Gasteiger partial charge in [0.2, 0.25) is 0 Å². The quantitative estimate of drug-likeness (QED) is 0.288. The summed E-state index contributed by atoms with van der Waals surface area (Å²) in [5.41, 5.74) is 4.96. The largest absolute Gasteiger partial charge is 0.504 e. The Labute approximate surface area is 122 Å². The number of phenols is 1. The van der Waals surface area contributed by atoms with Crippen molar-refractivity contribution in [2.24, 2.45) is 10.9 Å². The molecule has 1 fully saturated rings. The summed E-state index contributed by atoms with van der Waals surface area (Å²) in [7, 11) is 1.41. The summed E-state index contributed by atoms with van der Waals surface area (Å²) >= 11 is 0. The number of carbonyl (C=O) groups excluding carboxylic acids is 1. The number of nitrogens with two attached hydrogens (primary N) is 1. The number of ether oxygens (including phenoxy) is 1. The van der Waals surface area contributed by atoms with Gasteiger partial charge in [-0.1, -0.05) is 24.1 Å². The Morgan fingerprint density at radius 2 is 2.10 bits per heavy atom. The Morgan fingerprint density at radius 1 is 1.43 bits per heavy atom. The molecule has 0 spiro atoms. The van der Waals surface area contributed by atoms with E-state index in [1.54, 1.807) is 12.1 Å². The first-order valence-corrected chi connectivity index (χ1v) is 6.70. The summed E-state index contributed by atoms with van der Waals surface area (Å²) < 4.78 is 4.98. The van der Waals surface area contributed by atoms with Crippen molar-refractivity contribution in [1.29, 1.82) is 0 Å². The molecule has 1 aliphatic carbocycles. The number of amides is 1. The SMILES string of the molecule is COc1cccc(C(=O)NC2(/C(N)=N/O)CCCC2)c1O. The van der Waals surface area contributed by atoms with E-state index < -0.39 is 11.4 Å². The number of oxime groups is 1. The highest BCUT2D eigenvalue weighted by molar-refractivity contribution is 6.02. The van der Waals surface area contributed by atoms with Crippen LogP contribution in [-0.4, -0.2) is 34.7 Å². The number of hydrogen-bond acceptors (Lipinski definition) is 5. The molecule has 114 valence electrons. The van der Waals surface area contributed by atoms with Crippen molar-refractivity contribution in [3.05, 3.63) is 23.8 Å². The van der Waals surface area contributed by atoms with Gasteiger partial charge in [0.25, 0.3) is 5.91 Å². The molecule has 1 aromatic carbocycles. The smallest absolute Gasteiger partial charge is 0.255 e. The molecular weight excluding hydrogens is 274 g/mol. The number of aromatic hydroxyl groups is 1. The van der Waals surface area contributed by atoms with Crippen LogP contribution in [0.25, 0.3) is 0 Å². The molecule has 0 aliphatic heterocycles. The number of phenolic OH excluding ortho intramolecular Hbond substituents is 1. The van der Waals surface area contributed by atoms with Gasteiger partial charge in [-0.3, -0.25) is 4.79 Å². The molecule has 2 rings (SSSR count). The monoisotopic (exact) mass is 293 g/mol. The minimum Gasteiger partial charge on any atom is -0.504 e. The standard InChI is InChI=1S/C14H19N3O4/c1-21-10-6-4-5-9(11(10)18)12(19)16-14(13(15)17-20)7-2-3-8-14/h4-6,18,20H,2-3,7-8H2,1H3,(H2,15,17)(H,16,19). The fourth-order valence-corrected chi connectivity index (χ4v) is 2.67. The molecule has 1 aromatic rings. The Balaban J connectivity index is 2.28. The van der Waals surface area contributed by atoms with Gasteiger partial charge in [0.05, 0.1) is 12.7 Å². The third kappa shape index (κ3) is 2.72. The third-order valence-electron chi connectivity index (χ3n) is 3.87. The second-order valence-electron chi connectivity index (χ2n) is 5.09. The Hall–Kier alpha value is -2.44. The lowest BCUT2D eigenvalue weighted by Gasteiger charge is -2.28. The van der Waals surface area contributed by atoms with E-state index in [-0.39, 0.29) is 22.9 Å². The highest BCUT2D eigenvalue weighted by Crippen LogP contribution is 2.33. The molecule has 0 bridgehead atoms. The average molecular weight is 293 g/mol. The molecule has 7 nitrogen and oxygen atoms in total. The number of hydrogen-bond donors (Lipinski definition) is 4. The molecule has 0 radical (unpaired) electrons. The van der Waals surface area contributed by atoms with E-state index in [0.29, 0.717) is 12.8 Å². The van der Waals surface area contributed by atoms with Gasteiger partial charge >= 0.3 is 0 Å². The van der Waals surface area contributed by atoms with Gasteiger partial charge in [0, 0.05) is 0 Å². The van der Waals surface area contributed by atoms with Gasteiger partial charge < -0.3 is 26.1 Å². The van der Waals surface area contributed by atoms with Gasteiger partial charge in [-0.05, 0) is 25.0 Å². The highest BCUT2D eigenvalue weighted by Gasteiger charge is 2.40. The van der Waals surface area contributed by atoms with E-state index in [1.807, 2.05) is 0 Å². The van der Waals surface area contributed by atoms with Crippen LogP contribution >= 0.6 is 0 Å². The van der Waals surface area contributed by atoms with Crippen LogP contribution < -0.4 is 15.8 Å². The summed E-state index contributed by atoms with van der Waals surface area (Å²) in [4.78, 5) is 12.4. The zero-order chi connectivity index (χ0) is 15.5. The first-order chi connectivity index (χ1) is 10.0. The van der Waals surface area contributed by atoms with Crippen LogP contribution in [0.1, 0.15) is 36.0 Å². The molecule has 0 aromatic heterocycles. The van der Waals surface area contributed by atoms with E-state index in [2.05, 4.69) is 10.5 Å². The van der Waals surface area contributed by atoms with Gasteiger partial charge in [0.15, 0.2) is 17.3 Å². The maximum absolute atomic E-state index is 12.4. The van der Waals surface area contributed by atoms with Crippen LogP contribution in [0.4, 0.5) is 0 Å². The van der Waals surface area contributed by atoms with Gasteiger partial charge in [0.1, 0.15) is 5.54 Å². The fourth-order valence-electron chi connectivity index (χ4n) is 2.67. The van der Waals surface area contributed by atoms with Crippen LogP contribution in [0.3, 0.4) is 0 Å². The van der Waals surface area contributed by atoms with E-state index in [4.69, 9.17) is 15.7 Å². The summed E-state index contributed by atoms with van der Waals surface area (Å²) in [6.07, 6.45) is 2.94. The first kappa shape index (κ1) is 15.0. The second-order valence-corrected chi connectivity index (χ2v) is 5.09. The van der Waals surface area contributed by atoms with Gasteiger partial charge in [-0.15, -0.1) is 0 Å². The lowest BCUT2D eigenvalue weighted by atomic mass is 9.95. The molecule has 7 heteroatoms. The van der Waals surface area contributed by atoms with Crippen molar-refractivity contribution < 1.29 is 19.8 Å². The van der Waals surface area contributed by atoms with E-state index >= 15 is 0 Å². The minimum atomic E-state index is -0.860. The van der Waals surface area contributed by atoms with Crippen LogP contribution in [0, 0.1) is 0 Å². The predicted octanol–water partition coefficient (Wildman–Crippen LogP) is 1.19. The summed E-state index contributed by atoms with van der Waals surface area (Å²) in [6.45, 7) is 0. The van der Waals surface area contributed by atoms with Gasteiger partial charge in [-0.2, -0.15) is 0 Å². The number of nitrogens with zero attached hydrogens (tertiary/aromatic N) is 1. The molecule has 1 aliphatic rings. The summed E-state index contributed by atoms with van der Waals surface area (Å²) in [5, 5.41) is 24.8. The fraction of sp³-hybridized carbons (Fsp3) is 0.429. The van der Waals surface area contributed by atoms with Crippen LogP contribution in [0.15, 0.2) is 23.4 Å². The number of carbonyl (C=O) groups is 1. The third-order valence-corrected chi connectivity index (χ3v) is 3.87. The van der Waals surface area contributed by atoms with Crippen molar-refractivity contribution in [1.82, 2.24) is 5.32 Å². The Bertz CT molecular complexity index is 565. The molecule has 1 amide bonds. The average Bonchev–Trinajstić information content (AvgIpc) is 2.96. The lowest BCUT2D eigenvalue weighted by Crippen LogP contribution is -2.55. The van der Waals surface area contributed by atoms with Crippen LogP contribution in [0.2, 0.25) is 0 Å². The van der Waals surface area contributed by atoms with E-state index in [9.17, 15) is 9.90 Å². The van der Waals surface area contributed by atoms with Crippen molar-refractivity contribution >= 4 is 11.7 Å². The topological polar surface area (TPSA) is 117 Å². The normalized spacial score (nSPS) is 17.5. The number of para-hydroxylation sites is 1. The van der Waals surface area contributed by atoms with Crippen molar-refractivity contribution in [3.63, 3.8) is 0 Å². The number of benzene rings is 1. The number of rotatable bonds is 4. The van der Waals surface area contributed by atoms with Crippen molar-refractivity contribution in [2.45, 2.75) is 31.2 Å². The Kier molecular flexibility index (Phi) is 4.21. The Morgan fingerprint density at radius 3 is 2.67 bits per heavy atom. The highest BCUT2D eigenvalue weighted by atomic mass is 16.5. The summed E-state index contributed by atoms with van der Waals surface area (Å²) in [5.74, 6) is -0.521. The zero-order valence-electron chi connectivity index (χ0n) is 11.8. The molecule has 0 atom stereocenters. The number of amidine groups is 1. The molecule has 5 N–H and O–H groups in total. The first-order valence-electron chi connectivity index (χ1n) is 6.70. The molecular formula is C14H19N3O4. The van der Waals surface area contributed by atoms with E-state index in [0.717, 1.165) is 12.8 Å². The second kappa shape index (κ2) is 5.90. The molecule has 0 saturated heterocycles. The van der Waals surface area contributed by atoms with E-state index in [1.165, 1.54) is 13.2 Å². The van der Waals surface area contributed by atoms with Gasteiger partial charge in [-0.25, -0.2) is 0 Å². The summed E-state index contributed by atoms with van der Waals surface area (Å²) in [6, 6.07) is 4.65. The van der Waals surface area contributed by atoms with Crippen molar-refractivity contribution in [2.75, 3.05) is 7.11 Å². The molecule has 1 saturated carbocycles. The maximum atomic E-state index is 12.4. The lowest BCUT2D eigenvalue weighted by molar-refractivity contribution is 0.0919. The zero-order valence-corrected chi connectivity index (χ0v) is 11.8. The van der Waals surface area contributed by atoms with Crippen LogP contribution in [0.5, 0.6) is 11.5 Å². The van der Waals surface area contributed by atoms with Crippen LogP contribution in [-0.2, 0) is 0 Å². The maximum Gasteiger partial charge on any atom is 0.255 e. The molecule has 0 unspecified atom stereocenters. The number of methoxy groups -OCH3 is 1. The minimum absolute atomic E-state index is 0.0178. The predicted molar refractivity (Wildman–Crippen MR) is 76.7 cm³/mol.